The number of benzene rings is 2. The maximum Gasteiger partial charge on any atom is 0.319 e. The minimum Gasteiger partial charge on any atom is -0.347 e. The molecular weight excluding hydrogens is 476 g/mol. The fourth-order valence-electron chi connectivity index (χ4n) is 3.88. The highest BCUT2D eigenvalue weighted by Crippen LogP contribution is 2.29. The van der Waals surface area contributed by atoms with E-state index in [4.69, 9.17) is 0 Å². The first-order valence-electron chi connectivity index (χ1n) is 10.9. The Kier molecular flexibility index (Phi) is 7.69. The van der Waals surface area contributed by atoms with Crippen LogP contribution in [0.25, 0.3) is 10.9 Å². The summed E-state index contributed by atoms with van der Waals surface area (Å²) < 4.78 is 54.3. The van der Waals surface area contributed by atoms with E-state index in [9.17, 15) is 21.6 Å². The molecule has 1 heterocycles. The van der Waals surface area contributed by atoms with E-state index in [1.807, 2.05) is 23.7 Å². The summed E-state index contributed by atoms with van der Waals surface area (Å²) in [5.74, 6) is -0.254. The Bertz CT molecular complexity index is 1390. The molecule has 0 atom stereocenters. The van der Waals surface area contributed by atoms with E-state index < -0.39 is 25.9 Å². The molecule has 2 N–H and O–H groups in total. The van der Waals surface area contributed by atoms with Crippen molar-refractivity contribution in [1.29, 1.82) is 0 Å². The van der Waals surface area contributed by atoms with Crippen LogP contribution in [-0.2, 0) is 26.9 Å². The van der Waals surface area contributed by atoms with Crippen LogP contribution >= 0.6 is 0 Å². The number of aromatic nitrogens is 1. The minimum absolute atomic E-state index is 0.0781. The van der Waals surface area contributed by atoms with Crippen LogP contribution in [0.2, 0.25) is 0 Å². The van der Waals surface area contributed by atoms with E-state index in [0.717, 1.165) is 5.52 Å². The van der Waals surface area contributed by atoms with Gasteiger partial charge >= 0.3 is 6.03 Å². The number of urea groups is 1. The van der Waals surface area contributed by atoms with E-state index in [-0.39, 0.29) is 22.1 Å². The van der Waals surface area contributed by atoms with Gasteiger partial charge in [0, 0.05) is 49.0 Å². The maximum absolute atomic E-state index is 13.0. The van der Waals surface area contributed by atoms with Crippen molar-refractivity contribution in [1.82, 2.24) is 14.2 Å². The Morgan fingerprint density at radius 1 is 0.971 bits per heavy atom. The summed E-state index contributed by atoms with van der Waals surface area (Å²) in [6.45, 7) is 5.94. The highest BCUT2D eigenvalue weighted by Gasteiger charge is 2.24. The zero-order valence-electron chi connectivity index (χ0n) is 19.7. The summed E-state index contributed by atoms with van der Waals surface area (Å²) in [4.78, 5) is 12.7. The van der Waals surface area contributed by atoms with E-state index in [2.05, 4.69) is 10.6 Å². The van der Waals surface area contributed by atoms with Gasteiger partial charge in [0.15, 0.2) is 9.84 Å². The van der Waals surface area contributed by atoms with E-state index in [1.165, 1.54) is 28.6 Å². The molecule has 1 aromatic heterocycles. The normalized spacial score (nSPS) is 12.3. The predicted octanol–water partition coefficient (Wildman–Crippen LogP) is 3.11. The third-order valence-corrected chi connectivity index (χ3v) is 9.71. The summed E-state index contributed by atoms with van der Waals surface area (Å²) >= 11 is 0. The third kappa shape index (κ3) is 5.11. The van der Waals surface area contributed by atoms with Crippen molar-refractivity contribution in [2.45, 2.75) is 30.6 Å². The number of carbonyl (C=O) groups excluding carboxylic acids is 1. The Morgan fingerprint density at radius 2 is 1.59 bits per heavy atom. The van der Waals surface area contributed by atoms with Gasteiger partial charge in [-0.3, -0.25) is 0 Å². The fourth-order valence-corrected chi connectivity index (χ4v) is 7.01. The van der Waals surface area contributed by atoms with E-state index in [0.29, 0.717) is 29.9 Å². The maximum atomic E-state index is 13.0. The lowest BCUT2D eigenvalue weighted by Gasteiger charge is -2.18. The molecule has 0 aliphatic rings. The molecule has 0 radical (unpaired) electrons. The Morgan fingerprint density at radius 3 is 2.21 bits per heavy atom. The number of carbonyl (C=O) groups is 1. The van der Waals surface area contributed by atoms with Gasteiger partial charge in [0.1, 0.15) is 0 Å². The minimum atomic E-state index is -3.64. The van der Waals surface area contributed by atoms with Gasteiger partial charge < -0.3 is 15.2 Å². The second kappa shape index (κ2) is 10.2. The molecule has 0 spiro atoms. The number of aryl methyl sites for hydroxylation is 1. The van der Waals surface area contributed by atoms with Crippen LogP contribution in [-0.4, -0.2) is 57.1 Å². The zero-order valence-corrected chi connectivity index (χ0v) is 21.3. The zero-order chi connectivity index (χ0) is 25.1. The van der Waals surface area contributed by atoms with Crippen LogP contribution < -0.4 is 10.6 Å². The number of nitrogens with one attached hydrogen (secondary N) is 2. The summed E-state index contributed by atoms with van der Waals surface area (Å²) in [5, 5.41) is 5.80. The number of sulfone groups is 1. The van der Waals surface area contributed by atoms with Gasteiger partial charge in [-0.2, -0.15) is 4.31 Å². The van der Waals surface area contributed by atoms with Gasteiger partial charge in [0.2, 0.25) is 10.0 Å². The monoisotopic (exact) mass is 506 g/mol. The number of fused-ring (bicyclic) bond motifs is 1. The van der Waals surface area contributed by atoms with Gasteiger partial charge in [-0.15, -0.1) is 0 Å². The van der Waals surface area contributed by atoms with Crippen LogP contribution in [0.4, 0.5) is 10.5 Å². The molecule has 0 unspecified atom stereocenters. The van der Waals surface area contributed by atoms with Crippen molar-refractivity contribution < 1.29 is 21.6 Å². The smallest absolute Gasteiger partial charge is 0.319 e. The number of anilines is 1. The van der Waals surface area contributed by atoms with Crippen LogP contribution in [0.15, 0.2) is 58.3 Å². The highest BCUT2D eigenvalue weighted by atomic mass is 32.2. The summed E-state index contributed by atoms with van der Waals surface area (Å²) in [6.07, 6.45) is 0. The molecule has 0 aliphatic carbocycles. The van der Waals surface area contributed by atoms with E-state index in [1.54, 1.807) is 32.9 Å². The Balaban J connectivity index is 1.63. The van der Waals surface area contributed by atoms with Crippen molar-refractivity contribution >= 4 is 42.5 Å². The van der Waals surface area contributed by atoms with Gasteiger partial charge in [-0.25, -0.2) is 21.6 Å². The molecule has 3 aromatic rings. The van der Waals surface area contributed by atoms with Crippen LogP contribution in [0.5, 0.6) is 0 Å². The number of amides is 2. The number of rotatable bonds is 9. The Hall–Kier alpha value is -2.89. The van der Waals surface area contributed by atoms with Gasteiger partial charge in [-0.1, -0.05) is 32.0 Å². The molecule has 0 saturated heterocycles. The van der Waals surface area contributed by atoms with Crippen molar-refractivity contribution in [3.05, 3.63) is 54.2 Å². The van der Waals surface area contributed by atoms with Crippen LogP contribution in [0.3, 0.4) is 0 Å². The first kappa shape index (κ1) is 25.7. The quantitative estimate of drug-likeness (QED) is 0.462. The molecule has 2 aromatic carbocycles. The largest absolute Gasteiger partial charge is 0.347 e. The Labute approximate surface area is 200 Å². The molecule has 184 valence electrons. The lowest BCUT2D eigenvalue weighted by Crippen LogP contribution is -2.33. The molecule has 9 nitrogen and oxygen atoms in total. The van der Waals surface area contributed by atoms with Crippen LogP contribution in [0, 0.1) is 6.92 Å². The van der Waals surface area contributed by atoms with Gasteiger partial charge in [0.05, 0.1) is 15.5 Å². The van der Waals surface area contributed by atoms with Crippen molar-refractivity contribution in [2.24, 2.45) is 7.05 Å². The van der Waals surface area contributed by atoms with E-state index >= 15 is 0 Å². The molecule has 2 amide bonds. The predicted molar refractivity (Wildman–Crippen MR) is 133 cm³/mol. The molecule has 0 bridgehead atoms. The number of hydrogen-bond donors (Lipinski definition) is 2. The topological polar surface area (TPSA) is 118 Å². The molecule has 3 rings (SSSR count). The van der Waals surface area contributed by atoms with Gasteiger partial charge in [0.25, 0.3) is 0 Å². The molecule has 0 saturated carbocycles. The summed E-state index contributed by atoms with van der Waals surface area (Å²) in [6, 6.07) is 12.6. The average molecular weight is 507 g/mol. The highest BCUT2D eigenvalue weighted by molar-refractivity contribution is 7.91. The van der Waals surface area contributed by atoms with Crippen molar-refractivity contribution in [3.8, 4) is 0 Å². The first-order chi connectivity index (χ1) is 16.0. The SMILES string of the molecule is CCN(CC)S(=O)(=O)c1ccc(NC(=O)NCCS(=O)(=O)c2c(C)n(C)c3ccccc23)cc1. The second-order valence-corrected chi connectivity index (χ2v) is 11.8. The number of nitrogens with zero attached hydrogens (tertiary/aromatic N) is 2. The number of hydrogen-bond acceptors (Lipinski definition) is 5. The average Bonchev–Trinajstić information content (AvgIpc) is 3.05. The molecule has 0 fully saturated rings. The summed E-state index contributed by atoms with van der Waals surface area (Å²) in [7, 11) is -5.40. The first-order valence-corrected chi connectivity index (χ1v) is 14.0. The van der Waals surface area contributed by atoms with Gasteiger partial charge in [-0.05, 0) is 37.3 Å². The number of para-hydroxylation sites is 1. The lowest BCUT2D eigenvalue weighted by molar-refractivity contribution is 0.252. The van der Waals surface area contributed by atoms with Crippen molar-refractivity contribution in [2.75, 3.05) is 30.7 Å². The van der Waals surface area contributed by atoms with Crippen LogP contribution in [0.1, 0.15) is 19.5 Å². The second-order valence-electron chi connectivity index (χ2n) is 7.80. The lowest BCUT2D eigenvalue weighted by atomic mass is 10.2. The molecule has 34 heavy (non-hydrogen) atoms. The third-order valence-electron chi connectivity index (χ3n) is 5.76. The molecular formula is C23H30N4O5S2. The molecule has 11 heteroatoms. The summed E-state index contributed by atoms with van der Waals surface area (Å²) in [5.41, 5.74) is 1.87. The van der Waals surface area contributed by atoms with Crippen molar-refractivity contribution in [3.63, 3.8) is 0 Å². The number of sulfonamides is 1. The fraction of sp³-hybridized carbons (Fsp3) is 0.348. The standard InChI is InChI=1S/C23H30N4O5S2/c1-5-27(6-2)34(31,32)19-13-11-18(12-14-19)25-23(28)24-15-16-33(29,30)22-17(3)26(4)21-10-8-7-9-20(21)22/h7-14H,5-6,15-16H2,1-4H3,(H2,24,25,28). The molecule has 0 aliphatic heterocycles.